The highest BCUT2D eigenvalue weighted by molar-refractivity contribution is 5.86. The maximum Gasteiger partial charge on any atom is 0.391 e. The number of aliphatic hydroxyl groups excluding tert-OH is 1. The molecule has 2 aromatic rings. The average molecular weight is 454 g/mol. The van der Waals surface area contributed by atoms with E-state index in [2.05, 4.69) is 20.3 Å². The van der Waals surface area contributed by atoms with Gasteiger partial charge < -0.3 is 19.9 Å². The lowest BCUT2D eigenvalue weighted by molar-refractivity contribution is -0.136. The first-order valence-electron chi connectivity index (χ1n) is 11.2. The minimum absolute atomic E-state index is 0.0141. The van der Waals surface area contributed by atoms with Crippen LogP contribution in [0, 0.1) is 0 Å². The molecule has 1 saturated heterocycles. The van der Waals surface area contributed by atoms with Gasteiger partial charge in [-0.1, -0.05) is 0 Å². The van der Waals surface area contributed by atoms with E-state index in [0.29, 0.717) is 42.8 Å². The molecule has 10 heteroatoms. The third kappa shape index (κ3) is 5.78. The maximum atomic E-state index is 12.7. The lowest BCUT2D eigenvalue weighted by Crippen LogP contribution is -2.26. The Hall–Kier alpha value is -2.20. The zero-order valence-corrected chi connectivity index (χ0v) is 18.1. The Kier molecular flexibility index (Phi) is 6.99. The van der Waals surface area contributed by atoms with Crippen LogP contribution >= 0.6 is 0 Å². The molecule has 0 spiro atoms. The molecular formula is C22H29F3N4O3. The molecule has 1 saturated carbocycles. The second kappa shape index (κ2) is 9.74. The first-order chi connectivity index (χ1) is 15.3. The molecule has 2 fully saturated rings. The number of fused-ring (bicyclic) bond motifs is 1. The second-order valence-corrected chi connectivity index (χ2v) is 8.77. The summed E-state index contributed by atoms with van der Waals surface area (Å²) in [5.41, 5.74) is 1.56. The number of alkyl halides is 3. The Labute approximate surface area is 184 Å². The van der Waals surface area contributed by atoms with Gasteiger partial charge in [0.05, 0.1) is 36.6 Å². The third-order valence-corrected chi connectivity index (χ3v) is 6.11. The van der Waals surface area contributed by atoms with Crippen molar-refractivity contribution in [1.82, 2.24) is 15.0 Å². The first-order valence-corrected chi connectivity index (χ1v) is 11.2. The Balaban J connectivity index is 1.65. The van der Waals surface area contributed by atoms with E-state index < -0.39 is 18.6 Å². The molecule has 0 bridgehead atoms. The predicted molar refractivity (Wildman–Crippen MR) is 113 cm³/mol. The molecule has 2 N–H and O–H groups in total. The average Bonchev–Trinajstić information content (AvgIpc) is 2.74. The van der Waals surface area contributed by atoms with Crippen LogP contribution in [0.15, 0.2) is 12.4 Å². The summed E-state index contributed by atoms with van der Waals surface area (Å²) in [6, 6.07) is -0.861. The first kappa shape index (κ1) is 23.0. The van der Waals surface area contributed by atoms with Gasteiger partial charge in [0.15, 0.2) is 0 Å². The van der Waals surface area contributed by atoms with E-state index >= 15 is 0 Å². The number of nitrogens with zero attached hydrogens (tertiary/aromatic N) is 3. The highest BCUT2D eigenvalue weighted by Gasteiger charge is 2.30. The van der Waals surface area contributed by atoms with Crippen LogP contribution in [0.1, 0.15) is 63.4 Å². The summed E-state index contributed by atoms with van der Waals surface area (Å²) in [6.45, 7) is 2.72. The smallest absolute Gasteiger partial charge is 0.391 e. The summed E-state index contributed by atoms with van der Waals surface area (Å²) in [7, 11) is 0. The number of hydrogen-bond acceptors (Lipinski definition) is 7. The number of rotatable bonds is 6. The van der Waals surface area contributed by atoms with Crippen molar-refractivity contribution < 1.29 is 27.8 Å². The van der Waals surface area contributed by atoms with Crippen molar-refractivity contribution in [3.8, 4) is 5.88 Å². The van der Waals surface area contributed by atoms with Gasteiger partial charge in [0.1, 0.15) is 6.10 Å². The van der Waals surface area contributed by atoms with Crippen LogP contribution < -0.4 is 10.1 Å². The molecule has 0 radical (unpaired) electrons. The van der Waals surface area contributed by atoms with Crippen molar-refractivity contribution in [3.63, 3.8) is 0 Å². The van der Waals surface area contributed by atoms with Gasteiger partial charge in [0, 0.05) is 36.8 Å². The summed E-state index contributed by atoms with van der Waals surface area (Å²) in [5, 5.41) is 13.3. The normalized spacial score (nSPS) is 23.8. The highest BCUT2D eigenvalue weighted by Crippen LogP contribution is 2.38. The fraction of sp³-hybridized carbons (Fsp3) is 0.682. The molecule has 7 nitrogen and oxygen atoms in total. The molecule has 1 aliphatic carbocycles. The van der Waals surface area contributed by atoms with Crippen LogP contribution in [0.4, 0.5) is 19.1 Å². The molecule has 0 amide bonds. The number of aliphatic hydroxyl groups is 1. The van der Waals surface area contributed by atoms with E-state index in [9.17, 15) is 18.3 Å². The van der Waals surface area contributed by atoms with Crippen LogP contribution in [0.2, 0.25) is 0 Å². The molecule has 32 heavy (non-hydrogen) atoms. The van der Waals surface area contributed by atoms with Gasteiger partial charge in [-0.2, -0.15) is 13.2 Å². The van der Waals surface area contributed by atoms with E-state index in [1.165, 1.54) is 6.92 Å². The van der Waals surface area contributed by atoms with E-state index in [4.69, 9.17) is 9.47 Å². The lowest BCUT2D eigenvalue weighted by Gasteiger charge is -2.27. The van der Waals surface area contributed by atoms with Gasteiger partial charge in [0.2, 0.25) is 11.8 Å². The molecule has 1 aliphatic heterocycles. The number of hydrogen-bond donors (Lipinski definition) is 2. The predicted octanol–water partition coefficient (Wildman–Crippen LogP) is 4.35. The molecule has 0 unspecified atom stereocenters. The molecule has 4 rings (SSSR count). The van der Waals surface area contributed by atoms with Gasteiger partial charge in [-0.05, 0) is 38.5 Å². The Morgan fingerprint density at radius 3 is 2.53 bits per heavy atom. The van der Waals surface area contributed by atoms with Gasteiger partial charge in [-0.25, -0.2) is 15.0 Å². The molecule has 0 aromatic carbocycles. The van der Waals surface area contributed by atoms with Crippen molar-refractivity contribution in [2.45, 2.75) is 82.2 Å². The van der Waals surface area contributed by atoms with Crippen molar-refractivity contribution in [3.05, 3.63) is 18.0 Å². The van der Waals surface area contributed by atoms with Gasteiger partial charge in [-0.3, -0.25) is 0 Å². The molecule has 2 aliphatic rings. The second-order valence-electron chi connectivity index (χ2n) is 8.77. The van der Waals surface area contributed by atoms with Crippen LogP contribution in [-0.4, -0.2) is 57.7 Å². The largest absolute Gasteiger partial charge is 0.474 e. The summed E-state index contributed by atoms with van der Waals surface area (Å²) in [6.07, 6.45) is 2.31. The minimum atomic E-state index is -4.27. The van der Waals surface area contributed by atoms with Crippen molar-refractivity contribution in [2.24, 2.45) is 0 Å². The third-order valence-electron chi connectivity index (χ3n) is 6.11. The summed E-state index contributed by atoms with van der Waals surface area (Å²) in [4.78, 5) is 13.4. The van der Waals surface area contributed by atoms with E-state index in [1.54, 1.807) is 12.4 Å². The van der Waals surface area contributed by atoms with Gasteiger partial charge in [-0.15, -0.1) is 0 Å². The standard InChI is InChI=1S/C22H29F3N4O3/c1-13(10-22(23,24)25)28-21-27-12-18-19(29-21)17(14-2-4-15(30)5-3-14)11-26-20(18)32-16-6-8-31-9-7-16/h11-16,30H,2-10H2,1H3,(H,27,28,29)/t13-,14-,15-/m0/s1. The van der Waals surface area contributed by atoms with E-state index in [0.717, 1.165) is 31.2 Å². The molecule has 1 atom stereocenters. The van der Waals surface area contributed by atoms with Crippen LogP contribution in [0.3, 0.4) is 0 Å². The fourth-order valence-electron chi connectivity index (χ4n) is 4.44. The fourth-order valence-corrected chi connectivity index (χ4v) is 4.44. The van der Waals surface area contributed by atoms with Crippen LogP contribution in [0.25, 0.3) is 10.9 Å². The van der Waals surface area contributed by atoms with E-state index in [-0.39, 0.29) is 24.1 Å². The Morgan fingerprint density at radius 2 is 1.84 bits per heavy atom. The molecule has 176 valence electrons. The maximum absolute atomic E-state index is 12.7. The zero-order valence-electron chi connectivity index (χ0n) is 18.1. The zero-order chi connectivity index (χ0) is 22.7. The number of anilines is 1. The van der Waals surface area contributed by atoms with Crippen molar-refractivity contribution >= 4 is 16.9 Å². The number of ether oxygens (including phenoxy) is 2. The van der Waals surface area contributed by atoms with Crippen molar-refractivity contribution in [1.29, 1.82) is 0 Å². The van der Waals surface area contributed by atoms with Gasteiger partial charge >= 0.3 is 6.18 Å². The number of aromatic nitrogens is 3. The molecular weight excluding hydrogens is 425 g/mol. The van der Waals surface area contributed by atoms with Gasteiger partial charge in [0.25, 0.3) is 0 Å². The molecule has 3 heterocycles. The number of nitrogens with one attached hydrogen (secondary N) is 1. The monoisotopic (exact) mass is 454 g/mol. The molecule has 2 aromatic heterocycles. The Morgan fingerprint density at radius 1 is 1.12 bits per heavy atom. The highest BCUT2D eigenvalue weighted by atomic mass is 19.4. The lowest BCUT2D eigenvalue weighted by atomic mass is 9.83. The topological polar surface area (TPSA) is 89.4 Å². The van der Waals surface area contributed by atoms with Crippen molar-refractivity contribution in [2.75, 3.05) is 18.5 Å². The van der Waals surface area contributed by atoms with Crippen LogP contribution in [-0.2, 0) is 4.74 Å². The van der Waals surface area contributed by atoms with E-state index in [1.807, 2.05) is 0 Å². The quantitative estimate of drug-likeness (QED) is 0.671. The van der Waals surface area contributed by atoms with Crippen LogP contribution in [0.5, 0.6) is 5.88 Å². The number of halogens is 3. The minimum Gasteiger partial charge on any atom is -0.474 e. The Bertz CT molecular complexity index is 913. The number of pyridine rings is 1. The SMILES string of the molecule is C[C@@H](CC(F)(F)F)Nc1ncc2c(OC3CCOCC3)ncc([C@H]3CC[C@H](O)CC3)c2n1. The summed E-state index contributed by atoms with van der Waals surface area (Å²) < 4.78 is 49.7. The summed E-state index contributed by atoms with van der Waals surface area (Å²) in [5.74, 6) is 0.747. The summed E-state index contributed by atoms with van der Waals surface area (Å²) >= 11 is 0.